The van der Waals surface area contributed by atoms with Crippen molar-refractivity contribution in [2.24, 2.45) is 0 Å². The van der Waals surface area contributed by atoms with E-state index in [0.29, 0.717) is 22.2 Å². The molecule has 2 aromatic carbocycles. The lowest BCUT2D eigenvalue weighted by atomic mass is 10.2. The zero-order valence-corrected chi connectivity index (χ0v) is 12.4. The smallest absolute Gasteiger partial charge is 0.234 e. The van der Waals surface area contributed by atoms with Crippen LogP contribution in [0.25, 0.3) is 0 Å². The summed E-state index contributed by atoms with van der Waals surface area (Å²) in [6.45, 7) is 0. The summed E-state index contributed by atoms with van der Waals surface area (Å²) in [4.78, 5) is 11.8. The highest BCUT2D eigenvalue weighted by molar-refractivity contribution is 7.99. The minimum atomic E-state index is -0.0848. The zero-order valence-electron chi connectivity index (χ0n) is 10.8. The molecular formula is C15H15ClN2OS. The molecule has 5 heteroatoms. The normalized spacial score (nSPS) is 10.2. The Kier molecular flexibility index (Phi) is 5.32. The van der Waals surface area contributed by atoms with Crippen molar-refractivity contribution in [2.45, 2.75) is 5.75 Å². The standard InChI is InChI=1S/C15H15ClN2OS/c16-13-7-6-12(17)8-14(13)18-15(19)10-20-9-11-4-2-1-3-5-11/h1-8H,9-10,17H2,(H,18,19). The van der Waals surface area contributed by atoms with Gasteiger partial charge in [0.2, 0.25) is 5.91 Å². The van der Waals surface area contributed by atoms with Crippen LogP contribution in [-0.2, 0) is 10.5 Å². The number of carbonyl (C=O) groups excluding carboxylic acids is 1. The van der Waals surface area contributed by atoms with Gasteiger partial charge in [0, 0.05) is 11.4 Å². The van der Waals surface area contributed by atoms with E-state index in [-0.39, 0.29) is 5.91 Å². The van der Waals surface area contributed by atoms with Gasteiger partial charge >= 0.3 is 0 Å². The number of rotatable bonds is 5. The number of halogens is 1. The van der Waals surface area contributed by atoms with Crippen LogP contribution in [0, 0.1) is 0 Å². The SMILES string of the molecule is Nc1ccc(Cl)c(NC(=O)CSCc2ccccc2)c1. The Morgan fingerprint density at radius 3 is 2.70 bits per heavy atom. The molecule has 0 saturated carbocycles. The van der Waals surface area contributed by atoms with Crippen molar-refractivity contribution in [2.75, 3.05) is 16.8 Å². The molecule has 3 N–H and O–H groups in total. The molecule has 0 radical (unpaired) electrons. The number of anilines is 2. The first kappa shape index (κ1) is 14.8. The molecule has 0 atom stereocenters. The third kappa shape index (κ3) is 4.47. The van der Waals surface area contributed by atoms with E-state index in [1.165, 1.54) is 5.56 Å². The van der Waals surface area contributed by atoms with Crippen molar-refractivity contribution in [3.05, 3.63) is 59.1 Å². The van der Waals surface area contributed by atoms with Crippen molar-refractivity contribution in [3.63, 3.8) is 0 Å². The average molecular weight is 307 g/mol. The molecular weight excluding hydrogens is 292 g/mol. The summed E-state index contributed by atoms with van der Waals surface area (Å²) < 4.78 is 0. The fourth-order valence-corrected chi connectivity index (χ4v) is 2.61. The highest BCUT2D eigenvalue weighted by Crippen LogP contribution is 2.24. The Hall–Kier alpha value is -1.65. The summed E-state index contributed by atoms with van der Waals surface area (Å²) in [6.07, 6.45) is 0. The minimum Gasteiger partial charge on any atom is -0.399 e. The summed E-state index contributed by atoms with van der Waals surface area (Å²) in [5.41, 5.74) is 7.99. The van der Waals surface area contributed by atoms with E-state index in [4.69, 9.17) is 17.3 Å². The van der Waals surface area contributed by atoms with Crippen LogP contribution in [0.5, 0.6) is 0 Å². The first-order chi connectivity index (χ1) is 9.65. The molecule has 0 fully saturated rings. The molecule has 0 bridgehead atoms. The monoisotopic (exact) mass is 306 g/mol. The zero-order chi connectivity index (χ0) is 14.4. The third-order valence-corrected chi connectivity index (χ3v) is 3.94. The molecule has 0 heterocycles. The van der Waals surface area contributed by atoms with Gasteiger partial charge in [-0.2, -0.15) is 0 Å². The quantitative estimate of drug-likeness (QED) is 0.826. The molecule has 0 spiro atoms. The summed E-state index contributed by atoms with van der Waals surface area (Å²) in [6, 6.07) is 15.1. The van der Waals surface area contributed by atoms with Gasteiger partial charge in [0.1, 0.15) is 0 Å². The highest BCUT2D eigenvalue weighted by Gasteiger charge is 2.06. The molecule has 2 rings (SSSR count). The lowest BCUT2D eigenvalue weighted by Crippen LogP contribution is -2.14. The summed E-state index contributed by atoms with van der Waals surface area (Å²) in [5, 5.41) is 3.25. The fraction of sp³-hybridized carbons (Fsp3) is 0.133. The van der Waals surface area contributed by atoms with Gasteiger partial charge in [-0.15, -0.1) is 11.8 Å². The van der Waals surface area contributed by atoms with E-state index in [1.807, 2.05) is 30.3 Å². The lowest BCUT2D eigenvalue weighted by molar-refractivity contribution is -0.113. The first-order valence-corrected chi connectivity index (χ1v) is 7.65. The van der Waals surface area contributed by atoms with Crippen LogP contribution >= 0.6 is 23.4 Å². The Morgan fingerprint density at radius 2 is 1.95 bits per heavy atom. The van der Waals surface area contributed by atoms with Crippen LogP contribution in [0.3, 0.4) is 0 Å². The second-order valence-electron chi connectivity index (χ2n) is 4.27. The molecule has 3 nitrogen and oxygen atoms in total. The minimum absolute atomic E-state index is 0.0848. The van der Waals surface area contributed by atoms with Crippen LogP contribution < -0.4 is 11.1 Å². The molecule has 2 aromatic rings. The largest absolute Gasteiger partial charge is 0.399 e. The highest BCUT2D eigenvalue weighted by atomic mass is 35.5. The van der Waals surface area contributed by atoms with E-state index in [1.54, 1.807) is 30.0 Å². The number of benzene rings is 2. The van der Waals surface area contributed by atoms with Crippen molar-refractivity contribution in [1.29, 1.82) is 0 Å². The van der Waals surface area contributed by atoms with E-state index in [9.17, 15) is 4.79 Å². The van der Waals surface area contributed by atoms with E-state index in [2.05, 4.69) is 5.32 Å². The van der Waals surface area contributed by atoms with Gasteiger partial charge in [0.25, 0.3) is 0 Å². The second kappa shape index (κ2) is 7.22. The van der Waals surface area contributed by atoms with Gasteiger partial charge < -0.3 is 11.1 Å². The molecule has 20 heavy (non-hydrogen) atoms. The predicted molar refractivity (Wildman–Crippen MR) is 87.1 cm³/mol. The molecule has 0 aromatic heterocycles. The molecule has 0 aliphatic rings. The number of nitrogens with two attached hydrogens (primary N) is 1. The molecule has 0 saturated heterocycles. The molecule has 104 valence electrons. The van der Waals surface area contributed by atoms with Gasteiger partial charge in [-0.25, -0.2) is 0 Å². The van der Waals surface area contributed by atoms with Crippen molar-refractivity contribution in [3.8, 4) is 0 Å². The van der Waals surface area contributed by atoms with E-state index < -0.39 is 0 Å². The van der Waals surface area contributed by atoms with Crippen LogP contribution in [-0.4, -0.2) is 11.7 Å². The van der Waals surface area contributed by atoms with Crippen LogP contribution in [0.15, 0.2) is 48.5 Å². The maximum atomic E-state index is 11.8. The molecule has 0 aliphatic carbocycles. The predicted octanol–water partition coefficient (Wildman–Crippen LogP) is 3.79. The Bertz CT molecular complexity index is 590. The Labute approximate surface area is 127 Å². The topological polar surface area (TPSA) is 55.1 Å². The lowest BCUT2D eigenvalue weighted by Gasteiger charge is -2.08. The van der Waals surface area contributed by atoms with Gasteiger partial charge in [-0.3, -0.25) is 4.79 Å². The molecule has 0 unspecified atom stereocenters. The van der Waals surface area contributed by atoms with Crippen LogP contribution in [0.4, 0.5) is 11.4 Å². The number of carbonyl (C=O) groups is 1. The number of nitrogens with one attached hydrogen (secondary N) is 1. The van der Waals surface area contributed by atoms with Gasteiger partial charge in [-0.1, -0.05) is 41.9 Å². The maximum Gasteiger partial charge on any atom is 0.234 e. The van der Waals surface area contributed by atoms with Gasteiger partial charge in [0.15, 0.2) is 0 Å². The van der Waals surface area contributed by atoms with Gasteiger partial charge in [-0.05, 0) is 23.8 Å². The number of thioether (sulfide) groups is 1. The number of nitrogen functional groups attached to an aromatic ring is 1. The fourth-order valence-electron chi connectivity index (χ4n) is 1.66. The van der Waals surface area contributed by atoms with Crippen molar-refractivity contribution < 1.29 is 4.79 Å². The number of hydrogen-bond donors (Lipinski definition) is 2. The molecule has 0 aliphatic heterocycles. The van der Waals surface area contributed by atoms with Gasteiger partial charge in [0.05, 0.1) is 16.5 Å². The first-order valence-electron chi connectivity index (χ1n) is 6.11. The summed E-state index contributed by atoms with van der Waals surface area (Å²) in [5.74, 6) is 1.09. The average Bonchev–Trinajstić information content (AvgIpc) is 2.44. The molecule has 1 amide bonds. The number of amides is 1. The Morgan fingerprint density at radius 1 is 1.20 bits per heavy atom. The Balaban J connectivity index is 1.82. The van der Waals surface area contributed by atoms with E-state index >= 15 is 0 Å². The van der Waals surface area contributed by atoms with Crippen LogP contribution in [0.1, 0.15) is 5.56 Å². The summed E-state index contributed by atoms with van der Waals surface area (Å²) in [7, 11) is 0. The maximum absolute atomic E-state index is 11.8. The number of hydrogen-bond acceptors (Lipinski definition) is 3. The van der Waals surface area contributed by atoms with Crippen molar-refractivity contribution in [1.82, 2.24) is 0 Å². The third-order valence-electron chi connectivity index (χ3n) is 2.61. The summed E-state index contributed by atoms with van der Waals surface area (Å²) >= 11 is 7.55. The van der Waals surface area contributed by atoms with Crippen LogP contribution in [0.2, 0.25) is 5.02 Å². The van der Waals surface area contributed by atoms with E-state index in [0.717, 1.165) is 5.75 Å². The second-order valence-corrected chi connectivity index (χ2v) is 5.66. The van der Waals surface area contributed by atoms with Crippen molar-refractivity contribution >= 4 is 40.6 Å².